The molecule has 0 aromatic carbocycles. The molecule has 0 aliphatic carbocycles. The van der Waals surface area contributed by atoms with E-state index >= 15 is 0 Å². The highest BCUT2D eigenvalue weighted by atomic mass is 15.3. The molecule has 3 nitrogen and oxygen atoms in total. The Bertz CT molecular complexity index is 229. The molecule has 0 N–H and O–H groups in total. The number of rotatable bonds is 0. The lowest BCUT2D eigenvalue weighted by molar-refractivity contribution is 0.259. The van der Waals surface area contributed by atoms with Crippen LogP contribution < -0.4 is 0 Å². The van der Waals surface area contributed by atoms with Crippen LogP contribution in [0.2, 0.25) is 0 Å². The predicted molar refractivity (Wildman–Crippen MR) is 49.9 cm³/mol. The van der Waals surface area contributed by atoms with Crippen LogP contribution >= 0.6 is 0 Å². The Balaban J connectivity index is 0.000000336. The molecule has 0 spiro atoms. The molecule has 0 bridgehead atoms. The summed E-state index contributed by atoms with van der Waals surface area (Å²) in [7, 11) is 2.14. The standard InChI is InChI=1S/C7H11N3.C2H6/c1-9-4-5-10-7(6-9)2-3-8-10;1-2/h2-3H,4-6H2,1H3;1-2H3. The molecule has 0 saturated carbocycles. The van der Waals surface area contributed by atoms with E-state index in [2.05, 4.69) is 27.8 Å². The van der Waals surface area contributed by atoms with Gasteiger partial charge in [0.1, 0.15) is 0 Å². The minimum Gasteiger partial charge on any atom is -0.299 e. The van der Waals surface area contributed by atoms with Crippen LogP contribution in [0, 0.1) is 0 Å². The van der Waals surface area contributed by atoms with Crippen molar-refractivity contribution in [3.05, 3.63) is 18.0 Å². The molecule has 1 aromatic heterocycles. The lowest BCUT2D eigenvalue weighted by Gasteiger charge is -2.22. The van der Waals surface area contributed by atoms with E-state index in [1.165, 1.54) is 5.69 Å². The summed E-state index contributed by atoms with van der Waals surface area (Å²) in [5.41, 5.74) is 1.33. The number of likely N-dealkylation sites (N-methyl/N-ethyl adjacent to an activating group) is 1. The predicted octanol–water partition coefficient (Wildman–Crippen LogP) is 1.35. The van der Waals surface area contributed by atoms with Crippen molar-refractivity contribution in [1.82, 2.24) is 14.7 Å². The van der Waals surface area contributed by atoms with Crippen molar-refractivity contribution in [2.24, 2.45) is 0 Å². The second kappa shape index (κ2) is 4.26. The summed E-state index contributed by atoms with van der Waals surface area (Å²) in [6.45, 7) is 7.20. The van der Waals surface area contributed by atoms with Gasteiger partial charge in [-0.05, 0) is 13.1 Å². The zero-order chi connectivity index (χ0) is 8.97. The second-order valence-corrected chi connectivity index (χ2v) is 2.78. The fourth-order valence-corrected chi connectivity index (χ4v) is 1.32. The molecule has 68 valence electrons. The van der Waals surface area contributed by atoms with Crippen molar-refractivity contribution >= 4 is 0 Å². The lowest BCUT2D eigenvalue weighted by atomic mass is 10.3. The van der Waals surface area contributed by atoms with Gasteiger partial charge < -0.3 is 0 Å². The Morgan fingerprint density at radius 3 is 2.83 bits per heavy atom. The minimum atomic E-state index is 1.04. The summed E-state index contributed by atoms with van der Waals surface area (Å²) in [5, 5.41) is 4.18. The van der Waals surface area contributed by atoms with Crippen LogP contribution in [0.3, 0.4) is 0 Å². The normalized spacial score (nSPS) is 16.2. The van der Waals surface area contributed by atoms with Gasteiger partial charge in [0.2, 0.25) is 0 Å². The maximum Gasteiger partial charge on any atom is 0.0540 e. The first-order valence-electron chi connectivity index (χ1n) is 4.55. The van der Waals surface area contributed by atoms with Gasteiger partial charge in [0.15, 0.2) is 0 Å². The van der Waals surface area contributed by atoms with E-state index in [4.69, 9.17) is 0 Å². The molecule has 0 fully saturated rings. The van der Waals surface area contributed by atoms with Gasteiger partial charge in [-0.2, -0.15) is 5.10 Å². The van der Waals surface area contributed by atoms with Crippen molar-refractivity contribution < 1.29 is 0 Å². The molecule has 2 rings (SSSR count). The van der Waals surface area contributed by atoms with E-state index in [1.54, 1.807) is 0 Å². The third-order valence-corrected chi connectivity index (χ3v) is 1.93. The Kier molecular flexibility index (Phi) is 3.29. The summed E-state index contributed by atoms with van der Waals surface area (Å²) < 4.78 is 2.07. The van der Waals surface area contributed by atoms with Crippen molar-refractivity contribution in [3.63, 3.8) is 0 Å². The molecule has 0 atom stereocenters. The number of fused-ring (bicyclic) bond motifs is 1. The summed E-state index contributed by atoms with van der Waals surface area (Å²) >= 11 is 0. The van der Waals surface area contributed by atoms with Crippen LogP contribution in [0.4, 0.5) is 0 Å². The topological polar surface area (TPSA) is 21.1 Å². The fourth-order valence-electron chi connectivity index (χ4n) is 1.32. The Morgan fingerprint density at radius 2 is 2.08 bits per heavy atom. The van der Waals surface area contributed by atoms with Crippen LogP contribution in [0.1, 0.15) is 19.5 Å². The van der Waals surface area contributed by atoms with Crippen LogP contribution in [0.15, 0.2) is 12.3 Å². The van der Waals surface area contributed by atoms with E-state index in [9.17, 15) is 0 Å². The monoisotopic (exact) mass is 167 g/mol. The number of hydrogen-bond donors (Lipinski definition) is 0. The highest BCUT2D eigenvalue weighted by molar-refractivity contribution is 5.01. The molecule has 2 heterocycles. The Morgan fingerprint density at radius 1 is 1.33 bits per heavy atom. The van der Waals surface area contributed by atoms with E-state index < -0.39 is 0 Å². The number of aromatic nitrogens is 2. The van der Waals surface area contributed by atoms with Gasteiger partial charge in [0.25, 0.3) is 0 Å². The van der Waals surface area contributed by atoms with E-state index in [-0.39, 0.29) is 0 Å². The van der Waals surface area contributed by atoms with Crippen molar-refractivity contribution in [2.45, 2.75) is 26.9 Å². The molecule has 1 aromatic rings. The van der Waals surface area contributed by atoms with Crippen LogP contribution in [-0.2, 0) is 13.1 Å². The molecule has 0 radical (unpaired) electrons. The molecule has 0 saturated heterocycles. The van der Waals surface area contributed by atoms with Gasteiger partial charge >= 0.3 is 0 Å². The van der Waals surface area contributed by atoms with Gasteiger partial charge in [-0.3, -0.25) is 9.58 Å². The van der Waals surface area contributed by atoms with Gasteiger partial charge in [-0.1, -0.05) is 13.8 Å². The summed E-state index contributed by atoms with van der Waals surface area (Å²) in [6, 6.07) is 2.08. The van der Waals surface area contributed by atoms with Crippen LogP contribution in [-0.4, -0.2) is 28.3 Å². The average Bonchev–Trinajstić information content (AvgIpc) is 2.54. The van der Waals surface area contributed by atoms with Crippen molar-refractivity contribution in [2.75, 3.05) is 13.6 Å². The van der Waals surface area contributed by atoms with Crippen molar-refractivity contribution in [1.29, 1.82) is 0 Å². The third kappa shape index (κ3) is 1.85. The molecule has 0 unspecified atom stereocenters. The first-order chi connectivity index (χ1) is 5.86. The smallest absolute Gasteiger partial charge is 0.0540 e. The minimum absolute atomic E-state index is 1.04. The molecular formula is C9H17N3. The van der Waals surface area contributed by atoms with Gasteiger partial charge in [-0.25, -0.2) is 0 Å². The van der Waals surface area contributed by atoms with Crippen molar-refractivity contribution in [3.8, 4) is 0 Å². The SMILES string of the molecule is CC.CN1CCn2nccc2C1. The molecule has 12 heavy (non-hydrogen) atoms. The Labute approximate surface area is 74.0 Å². The molecule has 3 heteroatoms. The lowest BCUT2D eigenvalue weighted by Crippen LogP contribution is -2.30. The molecular weight excluding hydrogens is 150 g/mol. The quantitative estimate of drug-likeness (QED) is 0.581. The number of nitrogens with zero attached hydrogens (tertiary/aromatic N) is 3. The fraction of sp³-hybridized carbons (Fsp3) is 0.667. The Hall–Kier alpha value is -0.830. The zero-order valence-corrected chi connectivity index (χ0v) is 8.12. The van der Waals surface area contributed by atoms with Crippen LogP contribution in [0.25, 0.3) is 0 Å². The average molecular weight is 167 g/mol. The molecule has 1 aliphatic heterocycles. The van der Waals surface area contributed by atoms with E-state index in [0.717, 1.165) is 19.6 Å². The first-order valence-corrected chi connectivity index (χ1v) is 4.55. The summed E-state index contributed by atoms with van der Waals surface area (Å²) in [5.74, 6) is 0. The van der Waals surface area contributed by atoms with Gasteiger partial charge in [0.05, 0.1) is 12.2 Å². The highest BCUT2D eigenvalue weighted by Crippen LogP contribution is 2.07. The van der Waals surface area contributed by atoms with E-state index in [0.29, 0.717) is 0 Å². The maximum absolute atomic E-state index is 4.18. The van der Waals surface area contributed by atoms with Crippen LogP contribution in [0.5, 0.6) is 0 Å². The summed E-state index contributed by atoms with van der Waals surface area (Å²) in [4.78, 5) is 2.30. The molecule has 0 amide bonds. The number of hydrogen-bond acceptors (Lipinski definition) is 2. The third-order valence-electron chi connectivity index (χ3n) is 1.93. The summed E-state index contributed by atoms with van der Waals surface area (Å²) in [6.07, 6.45) is 1.87. The van der Waals surface area contributed by atoms with Gasteiger partial charge in [0, 0.05) is 19.3 Å². The second-order valence-electron chi connectivity index (χ2n) is 2.78. The highest BCUT2D eigenvalue weighted by Gasteiger charge is 2.11. The van der Waals surface area contributed by atoms with E-state index in [1.807, 2.05) is 20.0 Å². The largest absolute Gasteiger partial charge is 0.299 e. The zero-order valence-electron chi connectivity index (χ0n) is 8.12. The maximum atomic E-state index is 4.18. The molecule has 1 aliphatic rings. The van der Waals surface area contributed by atoms with Gasteiger partial charge in [-0.15, -0.1) is 0 Å². The first kappa shape index (κ1) is 9.26.